The number of thioether (sulfide) groups is 2. The highest BCUT2D eigenvalue weighted by molar-refractivity contribution is 8.19. The second kappa shape index (κ2) is 9.77. The van der Waals surface area contributed by atoms with Gasteiger partial charge in [-0.05, 0) is 42.0 Å². The van der Waals surface area contributed by atoms with Crippen molar-refractivity contribution in [2.75, 3.05) is 23.9 Å². The summed E-state index contributed by atoms with van der Waals surface area (Å²) < 4.78 is 7.71. The van der Waals surface area contributed by atoms with Crippen LogP contribution in [0.2, 0.25) is 0 Å². The van der Waals surface area contributed by atoms with Crippen LogP contribution in [0.3, 0.4) is 0 Å². The lowest BCUT2D eigenvalue weighted by Gasteiger charge is -2.11. The van der Waals surface area contributed by atoms with Crippen LogP contribution >= 0.6 is 23.5 Å². The largest absolute Gasteiger partial charge is 0.496 e. The van der Waals surface area contributed by atoms with E-state index in [9.17, 15) is 4.79 Å². The second-order valence-electron chi connectivity index (χ2n) is 7.52. The average Bonchev–Trinajstić information content (AvgIpc) is 3.56. The predicted octanol–water partition coefficient (Wildman–Crippen LogP) is 6.28. The van der Waals surface area contributed by atoms with Gasteiger partial charge >= 0.3 is 0 Å². The summed E-state index contributed by atoms with van der Waals surface area (Å²) in [6.45, 7) is 0. The third kappa shape index (κ3) is 4.65. The minimum Gasteiger partial charge on any atom is -0.496 e. The first-order valence-corrected chi connectivity index (χ1v) is 12.8. The molecule has 0 unspecified atom stereocenters. The molecule has 1 saturated heterocycles. The van der Waals surface area contributed by atoms with Crippen LogP contribution in [-0.2, 0) is 0 Å². The van der Waals surface area contributed by atoms with E-state index in [0.29, 0.717) is 21.6 Å². The van der Waals surface area contributed by atoms with Crippen LogP contribution < -0.4 is 10.1 Å². The molecule has 1 aromatic heterocycles. The minimum absolute atomic E-state index is 0.207. The lowest BCUT2D eigenvalue weighted by atomic mass is 10.1. The average molecular weight is 474 g/mol. The van der Waals surface area contributed by atoms with Crippen molar-refractivity contribution < 1.29 is 9.53 Å². The molecular weight excluding hydrogens is 450 g/mol. The third-order valence-electron chi connectivity index (χ3n) is 5.38. The van der Waals surface area contributed by atoms with Crippen LogP contribution in [0.15, 0.2) is 85.1 Å². The smallest absolute Gasteiger partial charge is 0.259 e. The molecular formula is C26H23N3O2S2. The number of benzene rings is 3. The summed E-state index contributed by atoms with van der Waals surface area (Å²) in [7, 11) is 1.62. The minimum atomic E-state index is -0.207. The number of nitrogens with one attached hydrogen (secondary N) is 1. The molecule has 0 radical (unpaired) electrons. The molecule has 166 valence electrons. The molecule has 1 amide bonds. The second-order valence-corrected chi connectivity index (χ2v) is 10.2. The van der Waals surface area contributed by atoms with Crippen molar-refractivity contribution in [2.24, 2.45) is 0 Å². The number of hydrogen-bond donors (Lipinski definition) is 1. The Morgan fingerprint density at radius 1 is 1.00 bits per heavy atom. The van der Waals surface area contributed by atoms with E-state index in [2.05, 4.69) is 17.4 Å². The van der Waals surface area contributed by atoms with Crippen molar-refractivity contribution in [3.8, 4) is 22.7 Å². The number of hydrogen-bond acceptors (Lipinski definition) is 5. The SMILES string of the molecule is COc1ccccc1-c1nn(-c2ccccc2)cc1C(=O)Nc1cccc(C2SCCS2)c1. The maximum atomic E-state index is 13.5. The van der Waals surface area contributed by atoms with E-state index in [1.165, 1.54) is 5.56 Å². The highest BCUT2D eigenvalue weighted by atomic mass is 32.2. The Hall–Kier alpha value is -3.16. The molecule has 7 heteroatoms. The maximum absolute atomic E-state index is 13.5. The van der Waals surface area contributed by atoms with Crippen LogP contribution in [0.25, 0.3) is 16.9 Å². The lowest BCUT2D eigenvalue weighted by molar-refractivity contribution is 0.102. The van der Waals surface area contributed by atoms with Crippen molar-refractivity contribution in [1.82, 2.24) is 9.78 Å². The molecule has 0 bridgehead atoms. The van der Waals surface area contributed by atoms with Gasteiger partial charge in [-0.25, -0.2) is 4.68 Å². The topological polar surface area (TPSA) is 56.2 Å². The summed E-state index contributed by atoms with van der Waals surface area (Å²) in [5.41, 5.74) is 4.72. The van der Waals surface area contributed by atoms with Crippen LogP contribution in [-0.4, -0.2) is 34.3 Å². The van der Waals surface area contributed by atoms with Gasteiger partial charge in [-0.15, -0.1) is 23.5 Å². The number of para-hydroxylation sites is 2. The molecule has 0 atom stereocenters. The number of rotatable bonds is 6. The summed E-state index contributed by atoms with van der Waals surface area (Å²) >= 11 is 3.89. The summed E-state index contributed by atoms with van der Waals surface area (Å²) in [6, 6.07) is 25.5. The van der Waals surface area contributed by atoms with Crippen molar-refractivity contribution in [3.05, 3.63) is 96.2 Å². The number of carbonyl (C=O) groups excluding carboxylic acids is 1. The number of methoxy groups -OCH3 is 1. The number of aromatic nitrogens is 2. The van der Waals surface area contributed by atoms with E-state index in [0.717, 1.165) is 28.4 Å². The van der Waals surface area contributed by atoms with Gasteiger partial charge in [0.15, 0.2) is 0 Å². The molecule has 0 saturated carbocycles. The zero-order valence-corrected chi connectivity index (χ0v) is 19.7. The van der Waals surface area contributed by atoms with E-state index >= 15 is 0 Å². The summed E-state index contributed by atoms with van der Waals surface area (Å²) in [5.74, 6) is 2.78. The van der Waals surface area contributed by atoms with Crippen LogP contribution in [0.5, 0.6) is 5.75 Å². The molecule has 1 fully saturated rings. The third-order valence-corrected chi connectivity index (χ3v) is 8.48. The Balaban J connectivity index is 1.52. The van der Waals surface area contributed by atoms with Crippen LogP contribution in [0, 0.1) is 0 Å². The Kier molecular flexibility index (Phi) is 6.41. The first-order chi connectivity index (χ1) is 16.2. The molecule has 33 heavy (non-hydrogen) atoms. The van der Waals surface area contributed by atoms with E-state index in [1.54, 1.807) is 18.0 Å². The van der Waals surface area contributed by atoms with E-state index in [4.69, 9.17) is 9.84 Å². The molecule has 2 heterocycles. The molecule has 5 rings (SSSR count). The first kappa shape index (κ1) is 21.7. The van der Waals surface area contributed by atoms with Crippen molar-refractivity contribution in [1.29, 1.82) is 0 Å². The Labute approximate surface area is 201 Å². The van der Waals surface area contributed by atoms with Gasteiger partial charge in [0.2, 0.25) is 0 Å². The maximum Gasteiger partial charge on any atom is 0.259 e. The molecule has 3 aromatic carbocycles. The Morgan fingerprint density at radius 2 is 1.76 bits per heavy atom. The van der Waals surface area contributed by atoms with Gasteiger partial charge in [0.05, 0.1) is 22.9 Å². The fourth-order valence-electron chi connectivity index (χ4n) is 3.80. The summed E-state index contributed by atoms with van der Waals surface area (Å²) in [4.78, 5) is 13.5. The number of anilines is 1. The van der Waals surface area contributed by atoms with E-state index < -0.39 is 0 Å². The number of ether oxygens (including phenoxy) is 1. The highest BCUT2D eigenvalue weighted by Crippen LogP contribution is 2.45. The van der Waals surface area contributed by atoms with Crippen LogP contribution in [0.4, 0.5) is 5.69 Å². The molecule has 0 aliphatic carbocycles. The van der Waals surface area contributed by atoms with Crippen molar-refractivity contribution in [2.45, 2.75) is 4.58 Å². The lowest BCUT2D eigenvalue weighted by Crippen LogP contribution is -2.12. The van der Waals surface area contributed by atoms with Crippen LogP contribution in [0.1, 0.15) is 20.5 Å². The molecule has 1 aliphatic rings. The highest BCUT2D eigenvalue weighted by Gasteiger charge is 2.22. The van der Waals surface area contributed by atoms with Gasteiger partial charge in [-0.1, -0.05) is 42.5 Å². The Bertz CT molecular complexity index is 1270. The monoisotopic (exact) mass is 473 g/mol. The Morgan fingerprint density at radius 3 is 2.55 bits per heavy atom. The number of nitrogens with zero attached hydrogens (tertiary/aromatic N) is 2. The summed E-state index contributed by atoms with van der Waals surface area (Å²) in [5, 5.41) is 7.85. The molecule has 4 aromatic rings. The van der Waals surface area contributed by atoms with Crippen molar-refractivity contribution in [3.63, 3.8) is 0 Å². The zero-order valence-electron chi connectivity index (χ0n) is 18.1. The van der Waals surface area contributed by atoms with Gasteiger partial charge < -0.3 is 10.1 Å². The number of amides is 1. The van der Waals surface area contributed by atoms with E-state index in [1.807, 2.05) is 90.3 Å². The van der Waals surface area contributed by atoms with Gasteiger partial charge in [-0.3, -0.25) is 4.79 Å². The quantitative estimate of drug-likeness (QED) is 0.357. The van der Waals surface area contributed by atoms with Gasteiger partial charge in [0, 0.05) is 29.0 Å². The van der Waals surface area contributed by atoms with Crippen molar-refractivity contribution >= 4 is 35.1 Å². The van der Waals surface area contributed by atoms with Gasteiger partial charge in [0.25, 0.3) is 5.91 Å². The first-order valence-electron chi connectivity index (χ1n) is 10.7. The molecule has 1 N–H and O–H groups in total. The van der Waals surface area contributed by atoms with Gasteiger partial charge in [0.1, 0.15) is 11.4 Å². The predicted molar refractivity (Wildman–Crippen MR) is 138 cm³/mol. The van der Waals surface area contributed by atoms with Gasteiger partial charge in [-0.2, -0.15) is 5.10 Å². The number of carbonyl (C=O) groups is 1. The molecule has 5 nitrogen and oxygen atoms in total. The standard InChI is InChI=1S/C26H23N3O2S2/c1-31-23-13-6-5-12-21(23)24-22(17-29(28-24)20-10-3-2-4-11-20)25(30)27-19-9-7-8-18(16-19)26-32-14-15-33-26/h2-13,16-17,26H,14-15H2,1H3,(H,27,30). The zero-order chi connectivity index (χ0) is 22.6. The van der Waals surface area contributed by atoms with E-state index in [-0.39, 0.29) is 5.91 Å². The summed E-state index contributed by atoms with van der Waals surface area (Å²) in [6.07, 6.45) is 1.78. The normalized spacial score (nSPS) is 13.7. The fraction of sp³-hybridized carbons (Fsp3) is 0.154. The molecule has 0 spiro atoms. The fourth-order valence-corrected chi connectivity index (χ4v) is 6.64. The molecule has 1 aliphatic heterocycles.